The van der Waals surface area contributed by atoms with Crippen LogP contribution in [0.3, 0.4) is 0 Å². The summed E-state index contributed by atoms with van der Waals surface area (Å²) in [5.41, 5.74) is 5.27. The summed E-state index contributed by atoms with van der Waals surface area (Å²) >= 11 is 6.18. The zero-order valence-corrected chi connectivity index (χ0v) is 16.2. The van der Waals surface area contributed by atoms with Crippen LogP contribution in [0.15, 0.2) is 35.4 Å². The van der Waals surface area contributed by atoms with Gasteiger partial charge in [0.25, 0.3) is 5.91 Å². The van der Waals surface area contributed by atoms with Crippen LogP contribution < -0.4 is 19.6 Å². The van der Waals surface area contributed by atoms with E-state index in [1.807, 2.05) is 32.0 Å². The number of carbonyl (C=O) groups excluding carboxylic acids is 1. The minimum atomic E-state index is -0.688. The Kier molecular flexibility index (Phi) is 5.86. The Hall–Kier alpha value is -2.73. The fourth-order valence-electron chi connectivity index (χ4n) is 2.56. The molecular formula is C20H21ClN2O4. The summed E-state index contributed by atoms with van der Waals surface area (Å²) in [6.07, 6.45) is 0.804. The van der Waals surface area contributed by atoms with Crippen molar-refractivity contribution in [3.05, 3.63) is 52.0 Å². The maximum Gasteiger partial charge on any atom is 0.280 e. The highest BCUT2D eigenvalue weighted by Gasteiger charge is 2.17. The van der Waals surface area contributed by atoms with Crippen molar-refractivity contribution in [2.45, 2.75) is 26.9 Å². The number of hydrogen-bond donors (Lipinski definition) is 1. The minimum Gasteiger partial charge on any atom is -0.486 e. The van der Waals surface area contributed by atoms with Gasteiger partial charge < -0.3 is 14.2 Å². The first kappa shape index (κ1) is 19.0. The fraction of sp³-hybridized carbons (Fsp3) is 0.300. The number of rotatable bonds is 5. The Morgan fingerprint density at radius 1 is 1.30 bits per heavy atom. The molecule has 142 valence electrons. The van der Waals surface area contributed by atoms with Crippen LogP contribution in [-0.4, -0.2) is 31.4 Å². The number of benzene rings is 2. The lowest BCUT2D eigenvalue weighted by Gasteiger charge is -2.19. The molecule has 1 amide bonds. The number of amides is 1. The highest BCUT2D eigenvalue weighted by atomic mass is 35.5. The summed E-state index contributed by atoms with van der Waals surface area (Å²) in [6, 6.07) is 9.18. The van der Waals surface area contributed by atoms with E-state index in [2.05, 4.69) is 10.5 Å². The second-order valence-electron chi connectivity index (χ2n) is 6.22. The molecule has 2 aromatic rings. The number of hydrogen-bond acceptors (Lipinski definition) is 5. The standard InChI is InChI=1S/C20H21ClN2O4/c1-12-5-4-6-17(13(12)2)27-14(3)20(24)23-22-11-15-9-16(21)19-18(10-15)25-7-8-26-19/h4-6,9-11,14H,7-8H2,1-3H3,(H,23,24)/b22-11-/t14-/m0/s1. The second kappa shape index (κ2) is 8.31. The van der Waals surface area contributed by atoms with Gasteiger partial charge in [-0.3, -0.25) is 4.79 Å². The van der Waals surface area contributed by atoms with Gasteiger partial charge in [0.05, 0.1) is 11.2 Å². The Bertz CT molecular complexity index is 883. The van der Waals surface area contributed by atoms with Gasteiger partial charge in [-0.2, -0.15) is 5.10 Å². The number of nitrogens with one attached hydrogen (secondary N) is 1. The third-order valence-corrected chi connectivity index (χ3v) is 4.52. The molecule has 0 bridgehead atoms. The number of nitrogens with zero attached hydrogens (tertiary/aromatic N) is 1. The molecule has 1 heterocycles. The van der Waals surface area contributed by atoms with Crippen molar-refractivity contribution < 1.29 is 19.0 Å². The normalized spacial score (nSPS) is 14.1. The molecule has 1 atom stereocenters. The van der Waals surface area contributed by atoms with Crippen LogP contribution in [0.2, 0.25) is 5.02 Å². The van der Waals surface area contributed by atoms with Crippen LogP contribution in [0.4, 0.5) is 0 Å². The average molecular weight is 389 g/mol. The first-order valence-corrected chi connectivity index (χ1v) is 8.98. The highest BCUT2D eigenvalue weighted by Crippen LogP contribution is 2.37. The fourth-order valence-corrected chi connectivity index (χ4v) is 2.84. The summed E-state index contributed by atoms with van der Waals surface area (Å²) in [5.74, 6) is 1.42. The summed E-state index contributed by atoms with van der Waals surface area (Å²) in [6.45, 7) is 6.56. The van der Waals surface area contributed by atoms with Gasteiger partial charge in [-0.25, -0.2) is 5.43 Å². The molecule has 0 spiro atoms. The number of fused-ring (bicyclic) bond motifs is 1. The quantitative estimate of drug-likeness (QED) is 0.627. The molecule has 0 unspecified atom stereocenters. The monoisotopic (exact) mass is 388 g/mol. The van der Waals surface area contributed by atoms with Gasteiger partial charge in [-0.15, -0.1) is 0 Å². The van der Waals surface area contributed by atoms with Crippen molar-refractivity contribution in [2.24, 2.45) is 5.10 Å². The Morgan fingerprint density at radius 2 is 2.07 bits per heavy atom. The van der Waals surface area contributed by atoms with Crippen LogP contribution in [0.1, 0.15) is 23.6 Å². The number of carbonyl (C=O) groups is 1. The largest absolute Gasteiger partial charge is 0.486 e. The summed E-state index contributed by atoms with van der Waals surface area (Å²) < 4.78 is 16.7. The Balaban J connectivity index is 1.61. The van der Waals surface area contributed by atoms with E-state index < -0.39 is 6.10 Å². The van der Waals surface area contributed by atoms with Gasteiger partial charge in [0.15, 0.2) is 17.6 Å². The van der Waals surface area contributed by atoms with E-state index in [1.54, 1.807) is 19.1 Å². The molecule has 2 aromatic carbocycles. The minimum absolute atomic E-state index is 0.351. The van der Waals surface area contributed by atoms with Gasteiger partial charge in [0, 0.05) is 0 Å². The molecule has 1 aliphatic heterocycles. The van der Waals surface area contributed by atoms with E-state index >= 15 is 0 Å². The van der Waals surface area contributed by atoms with Crippen LogP contribution >= 0.6 is 11.6 Å². The van der Waals surface area contributed by atoms with Crippen LogP contribution in [-0.2, 0) is 4.79 Å². The smallest absolute Gasteiger partial charge is 0.280 e. The van der Waals surface area contributed by atoms with E-state index in [0.717, 1.165) is 11.1 Å². The lowest BCUT2D eigenvalue weighted by atomic mass is 10.1. The maximum absolute atomic E-state index is 12.2. The van der Waals surface area contributed by atoms with E-state index in [9.17, 15) is 4.79 Å². The lowest BCUT2D eigenvalue weighted by Crippen LogP contribution is -2.33. The van der Waals surface area contributed by atoms with Gasteiger partial charge >= 0.3 is 0 Å². The zero-order valence-electron chi connectivity index (χ0n) is 15.4. The van der Waals surface area contributed by atoms with Crippen molar-refractivity contribution in [1.29, 1.82) is 0 Å². The number of halogens is 1. The molecule has 3 rings (SSSR count). The molecule has 0 saturated heterocycles. The van der Waals surface area contributed by atoms with Crippen molar-refractivity contribution in [1.82, 2.24) is 5.43 Å². The van der Waals surface area contributed by atoms with E-state index in [1.165, 1.54) is 6.21 Å². The molecule has 1 N–H and O–H groups in total. The van der Waals surface area contributed by atoms with Crippen molar-refractivity contribution >= 4 is 23.7 Å². The maximum atomic E-state index is 12.2. The molecule has 0 aromatic heterocycles. The molecular weight excluding hydrogens is 368 g/mol. The average Bonchev–Trinajstić information content (AvgIpc) is 2.65. The third-order valence-electron chi connectivity index (χ3n) is 4.24. The van der Waals surface area contributed by atoms with Crippen LogP contribution in [0, 0.1) is 13.8 Å². The molecule has 1 aliphatic rings. The van der Waals surface area contributed by atoms with E-state index in [0.29, 0.717) is 41.0 Å². The number of aryl methyl sites for hydroxylation is 1. The van der Waals surface area contributed by atoms with E-state index in [-0.39, 0.29) is 5.91 Å². The molecule has 0 radical (unpaired) electrons. The summed E-state index contributed by atoms with van der Waals surface area (Å²) in [4.78, 5) is 12.2. The predicted molar refractivity (Wildman–Crippen MR) is 104 cm³/mol. The van der Waals surface area contributed by atoms with Crippen molar-refractivity contribution in [3.63, 3.8) is 0 Å². The summed E-state index contributed by atoms with van der Waals surface area (Å²) in [7, 11) is 0. The lowest BCUT2D eigenvalue weighted by molar-refractivity contribution is -0.127. The topological polar surface area (TPSA) is 69.2 Å². The molecule has 27 heavy (non-hydrogen) atoms. The number of hydrazone groups is 1. The van der Waals surface area contributed by atoms with Gasteiger partial charge in [0.2, 0.25) is 0 Å². The van der Waals surface area contributed by atoms with Gasteiger partial charge in [-0.1, -0.05) is 23.7 Å². The van der Waals surface area contributed by atoms with Crippen LogP contribution in [0.25, 0.3) is 0 Å². The van der Waals surface area contributed by atoms with Gasteiger partial charge in [0.1, 0.15) is 19.0 Å². The van der Waals surface area contributed by atoms with Gasteiger partial charge in [-0.05, 0) is 55.7 Å². The van der Waals surface area contributed by atoms with Crippen molar-refractivity contribution in [3.8, 4) is 17.2 Å². The molecule has 6 nitrogen and oxygen atoms in total. The summed E-state index contributed by atoms with van der Waals surface area (Å²) in [5, 5.41) is 4.41. The Morgan fingerprint density at radius 3 is 2.89 bits per heavy atom. The molecule has 0 fully saturated rings. The predicted octanol–water partition coefficient (Wildman–Crippen LogP) is 3.65. The Labute approximate surface area is 163 Å². The molecule has 7 heteroatoms. The SMILES string of the molecule is Cc1cccc(O[C@@H](C)C(=O)N/N=C\c2cc(Cl)c3c(c2)OCCO3)c1C. The highest BCUT2D eigenvalue weighted by molar-refractivity contribution is 6.32. The molecule has 0 saturated carbocycles. The zero-order chi connectivity index (χ0) is 19.4. The number of ether oxygens (including phenoxy) is 3. The first-order chi connectivity index (χ1) is 13.0. The second-order valence-corrected chi connectivity index (χ2v) is 6.63. The van der Waals surface area contributed by atoms with Crippen molar-refractivity contribution in [2.75, 3.05) is 13.2 Å². The first-order valence-electron chi connectivity index (χ1n) is 8.60. The van der Waals surface area contributed by atoms with Crippen LogP contribution in [0.5, 0.6) is 17.2 Å². The third kappa shape index (κ3) is 4.52. The molecule has 0 aliphatic carbocycles. The van der Waals surface area contributed by atoms with E-state index in [4.69, 9.17) is 25.8 Å².